The molecule has 5 heteroatoms. The van der Waals surface area contributed by atoms with E-state index in [4.69, 9.17) is 4.74 Å². The van der Waals surface area contributed by atoms with Gasteiger partial charge in [0.2, 0.25) is 0 Å². The number of halogens is 1. The summed E-state index contributed by atoms with van der Waals surface area (Å²) in [5, 5.41) is 0. The van der Waals surface area contributed by atoms with Crippen molar-refractivity contribution in [3.63, 3.8) is 0 Å². The van der Waals surface area contributed by atoms with Crippen molar-refractivity contribution in [1.82, 2.24) is 9.55 Å². The summed E-state index contributed by atoms with van der Waals surface area (Å²) in [5.41, 5.74) is 2.17. The highest BCUT2D eigenvalue weighted by Gasteiger charge is 2.50. The molecule has 2 aromatic rings. The van der Waals surface area contributed by atoms with Crippen LogP contribution in [0, 0.1) is 11.7 Å². The predicted molar refractivity (Wildman–Crippen MR) is 206 cm³/mol. The minimum absolute atomic E-state index is 0.125. The van der Waals surface area contributed by atoms with Gasteiger partial charge in [-0.05, 0) is 49.8 Å². The molecule has 1 saturated carbocycles. The molecule has 1 spiro atoms. The molecule has 3 unspecified atom stereocenters. The zero-order valence-corrected chi connectivity index (χ0v) is 31.8. The summed E-state index contributed by atoms with van der Waals surface area (Å²) in [7, 11) is 0. The van der Waals surface area contributed by atoms with Crippen LogP contribution in [0.15, 0.2) is 30.7 Å². The third-order valence-corrected chi connectivity index (χ3v) is 12.4. The van der Waals surface area contributed by atoms with Crippen LogP contribution in [0.2, 0.25) is 0 Å². The smallest absolute Gasteiger partial charge is 0.170 e. The van der Waals surface area contributed by atoms with E-state index in [-0.39, 0.29) is 23.6 Å². The van der Waals surface area contributed by atoms with Gasteiger partial charge in [0.15, 0.2) is 5.78 Å². The van der Waals surface area contributed by atoms with E-state index in [9.17, 15) is 9.18 Å². The number of rotatable bonds is 1. The van der Waals surface area contributed by atoms with Gasteiger partial charge in [-0.2, -0.15) is 0 Å². The fraction of sp³-hybridized carbons (Fsp3) is 0.778. The van der Waals surface area contributed by atoms with Crippen LogP contribution in [0.3, 0.4) is 0 Å². The lowest BCUT2D eigenvalue weighted by Gasteiger charge is -2.42. The van der Waals surface area contributed by atoms with Crippen molar-refractivity contribution in [3.05, 3.63) is 42.1 Å². The second-order valence-corrected chi connectivity index (χ2v) is 16.4. The lowest BCUT2D eigenvalue weighted by atomic mass is 9.70. The molecule has 1 aromatic heterocycles. The van der Waals surface area contributed by atoms with Crippen LogP contribution >= 0.6 is 0 Å². The van der Waals surface area contributed by atoms with E-state index < -0.39 is 5.60 Å². The van der Waals surface area contributed by atoms with Crippen LogP contribution in [0.1, 0.15) is 211 Å². The monoisotopic (exact) mass is 691 g/mol. The summed E-state index contributed by atoms with van der Waals surface area (Å²) in [5.74, 6) is -0.125. The first-order valence-electron chi connectivity index (χ1n) is 21.7. The number of carbonyl (C=O) groups excluding carboxylic acids is 1. The van der Waals surface area contributed by atoms with E-state index in [1.165, 1.54) is 161 Å². The maximum absolute atomic E-state index is 14.7. The Labute approximate surface area is 305 Å². The number of Topliss-reactive ketones (excluding diaryl/α,β-unsaturated/α-hetero) is 1. The summed E-state index contributed by atoms with van der Waals surface area (Å²) < 4.78 is 23.3. The van der Waals surface area contributed by atoms with Gasteiger partial charge < -0.3 is 9.30 Å². The first-order chi connectivity index (χ1) is 24.7. The number of nitrogens with zero attached hydrogens (tertiary/aromatic N) is 2. The zero-order chi connectivity index (χ0) is 34.7. The third kappa shape index (κ3) is 11.8. The third-order valence-electron chi connectivity index (χ3n) is 12.4. The standard InChI is InChI=1S/C45H71FN2O2/c46-38-30-31-39-41(35-38)42-36-47-37-48(42)43(39)40-29-28-33-45(44(40)49)32-26-24-22-20-18-16-14-12-10-8-6-4-2-1-3-5-7-9-11-13-15-17-19-21-23-25-27-34-50-45/h30-31,35-37,40,43H,1-29,32-34H2. The summed E-state index contributed by atoms with van der Waals surface area (Å²) in [6.45, 7) is 0.682. The van der Waals surface area contributed by atoms with Crippen molar-refractivity contribution in [2.45, 2.75) is 211 Å². The molecule has 5 rings (SSSR count). The van der Waals surface area contributed by atoms with E-state index >= 15 is 0 Å². The molecule has 3 heterocycles. The molecule has 1 aromatic carbocycles. The van der Waals surface area contributed by atoms with Gasteiger partial charge in [0.05, 0.1) is 24.3 Å². The van der Waals surface area contributed by atoms with Crippen LogP contribution in [-0.4, -0.2) is 27.5 Å². The van der Waals surface area contributed by atoms with Crippen LogP contribution in [0.25, 0.3) is 11.3 Å². The molecule has 1 aliphatic carbocycles. The Morgan fingerprint density at radius 2 is 1.08 bits per heavy atom. The molecule has 0 radical (unpaired) electrons. The molecular formula is C45H71FN2O2. The van der Waals surface area contributed by atoms with Gasteiger partial charge in [-0.3, -0.25) is 4.79 Å². The number of imidazole rings is 1. The molecule has 0 bridgehead atoms. The van der Waals surface area contributed by atoms with E-state index in [0.717, 1.165) is 55.3 Å². The van der Waals surface area contributed by atoms with Gasteiger partial charge in [0, 0.05) is 18.1 Å². The number of benzene rings is 1. The van der Waals surface area contributed by atoms with Gasteiger partial charge in [0.1, 0.15) is 11.4 Å². The van der Waals surface area contributed by atoms with Crippen LogP contribution in [-0.2, 0) is 9.53 Å². The summed E-state index contributed by atoms with van der Waals surface area (Å²) in [4.78, 5) is 19.1. The minimum Gasteiger partial charge on any atom is -0.367 e. The molecule has 0 amide bonds. The molecule has 1 saturated heterocycles. The van der Waals surface area contributed by atoms with Gasteiger partial charge in [0.25, 0.3) is 0 Å². The maximum Gasteiger partial charge on any atom is 0.170 e. The Bertz CT molecular complexity index is 1210. The van der Waals surface area contributed by atoms with Crippen molar-refractivity contribution in [2.75, 3.05) is 6.61 Å². The van der Waals surface area contributed by atoms with Crippen LogP contribution in [0.4, 0.5) is 4.39 Å². The van der Waals surface area contributed by atoms with Crippen molar-refractivity contribution in [3.8, 4) is 11.3 Å². The molecule has 50 heavy (non-hydrogen) atoms. The molecule has 4 nitrogen and oxygen atoms in total. The molecule has 3 atom stereocenters. The van der Waals surface area contributed by atoms with Gasteiger partial charge in [-0.1, -0.05) is 173 Å². The molecule has 280 valence electrons. The molecular weight excluding hydrogens is 620 g/mol. The number of hydrogen-bond donors (Lipinski definition) is 0. The number of carbonyl (C=O) groups is 1. The van der Waals surface area contributed by atoms with Crippen LogP contribution in [0.5, 0.6) is 0 Å². The highest BCUT2D eigenvalue weighted by molar-refractivity contribution is 5.92. The fourth-order valence-electron chi connectivity index (χ4n) is 9.47. The Morgan fingerprint density at radius 1 is 0.620 bits per heavy atom. The highest BCUT2D eigenvalue weighted by Crippen LogP contribution is 2.49. The average molecular weight is 691 g/mol. The normalized spacial score (nSPS) is 27.6. The minimum atomic E-state index is -0.689. The van der Waals surface area contributed by atoms with E-state index in [1.54, 1.807) is 12.1 Å². The van der Waals surface area contributed by atoms with Crippen molar-refractivity contribution in [1.29, 1.82) is 0 Å². The van der Waals surface area contributed by atoms with Gasteiger partial charge in [-0.15, -0.1) is 0 Å². The van der Waals surface area contributed by atoms with E-state index in [2.05, 4.69) is 9.55 Å². The second-order valence-electron chi connectivity index (χ2n) is 16.4. The first-order valence-corrected chi connectivity index (χ1v) is 21.7. The number of aromatic nitrogens is 2. The van der Waals surface area contributed by atoms with E-state index in [1.807, 2.05) is 18.6 Å². The number of hydrogen-bond acceptors (Lipinski definition) is 3. The topological polar surface area (TPSA) is 44.1 Å². The molecule has 2 aliphatic heterocycles. The van der Waals surface area contributed by atoms with Crippen molar-refractivity contribution in [2.24, 2.45) is 5.92 Å². The predicted octanol–water partition coefficient (Wildman–Crippen LogP) is 13.7. The summed E-state index contributed by atoms with van der Waals surface area (Å²) >= 11 is 0. The average Bonchev–Trinajstić information content (AvgIpc) is 3.71. The number of ether oxygens (including phenoxy) is 1. The van der Waals surface area contributed by atoms with E-state index in [0.29, 0.717) is 6.61 Å². The Kier molecular flexibility index (Phi) is 17.4. The second kappa shape index (κ2) is 22.1. The van der Waals surface area contributed by atoms with Crippen LogP contribution < -0.4 is 0 Å². The number of fused-ring (bicyclic) bond motifs is 3. The van der Waals surface area contributed by atoms with Gasteiger partial charge >= 0.3 is 0 Å². The molecule has 2 fully saturated rings. The Balaban J connectivity index is 1.14. The lowest BCUT2D eigenvalue weighted by Crippen LogP contribution is -2.50. The largest absolute Gasteiger partial charge is 0.367 e. The van der Waals surface area contributed by atoms with Gasteiger partial charge in [-0.25, -0.2) is 9.37 Å². The quantitative estimate of drug-likeness (QED) is 0.299. The zero-order valence-electron chi connectivity index (χ0n) is 31.8. The first kappa shape index (κ1) is 39.2. The fourth-order valence-corrected chi connectivity index (χ4v) is 9.47. The number of ketones is 1. The Hall–Kier alpha value is -2.01. The van der Waals surface area contributed by atoms with Crippen molar-refractivity contribution >= 4 is 5.78 Å². The summed E-state index contributed by atoms with van der Waals surface area (Å²) in [6.07, 6.45) is 43.7. The lowest BCUT2D eigenvalue weighted by molar-refractivity contribution is -0.158. The molecule has 3 aliphatic rings. The summed E-state index contributed by atoms with van der Waals surface area (Å²) in [6, 6.07) is 4.93. The maximum atomic E-state index is 14.7. The van der Waals surface area contributed by atoms with Crippen molar-refractivity contribution < 1.29 is 13.9 Å². The highest BCUT2D eigenvalue weighted by atomic mass is 19.1. The Morgan fingerprint density at radius 3 is 1.60 bits per heavy atom. The SMILES string of the molecule is O=C1C(C2c3ccc(F)cc3-c3cncn32)CCCC12CCCCCCCCCCCCCCCCCCCCCCCCCCCCCO2. The molecule has 0 N–H and O–H groups in total.